The van der Waals surface area contributed by atoms with Crippen molar-refractivity contribution in [2.75, 3.05) is 30.4 Å². The Labute approximate surface area is 223 Å². The Morgan fingerprint density at radius 2 is 1.97 bits per heavy atom. The van der Waals surface area contributed by atoms with E-state index in [2.05, 4.69) is 27.0 Å². The highest BCUT2D eigenvalue weighted by atomic mass is 35.5. The number of hydrogen-bond acceptors (Lipinski definition) is 8. The van der Waals surface area contributed by atoms with Crippen molar-refractivity contribution in [3.63, 3.8) is 0 Å². The first kappa shape index (κ1) is 27.1. The Kier molecular flexibility index (Phi) is 9.19. The number of aromatic nitrogens is 2. The molecule has 2 aromatic rings. The zero-order chi connectivity index (χ0) is 26.3. The number of pyridine rings is 2. The number of rotatable bonds is 10. The second kappa shape index (κ2) is 12.5. The lowest BCUT2D eigenvalue weighted by Gasteiger charge is -2.31. The normalized spacial score (nSPS) is 22.0. The SMILES string of the molecule is C[C@@H](CC(=O)O)N[C@H]1CC[C@H](Nc2cc(-c3cccc(NCC4(C#N)CCOCC4)n3)c(Cl)cn2)CC1. The topological polar surface area (TPSA) is 132 Å². The van der Waals surface area contributed by atoms with Crippen LogP contribution in [0.1, 0.15) is 51.9 Å². The van der Waals surface area contributed by atoms with Gasteiger partial charge < -0.3 is 25.8 Å². The van der Waals surface area contributed by atoms with E-state index in [1.54, 1.807) is 6.20 Å². The minimum absolute atomic E-state index is 0.0348. The standard InChI is InChI=1S/C27H35ClN6O3/c1-18(13-26(35)36)32-19-5-7-20(8-6-19)33-25-14-21(22(28)15-30-25)23-3-2-4-24(34-23)31-17-27(16-29)9-11-37-12-10-27/h2-4,14-15,18-20,32H,5-13,17H2,1H3,(H,30,33)(H,31,34)(H,35,36)/t18-,19-,20-/m0/s1. The average Bonchev–Trinajstić information content (AvgIpc) is 2.90. The molecule has 4 rings (SSSR count). The van der Waals surface area contributed by atoms with Crippen LogP contribution in [0.3, 0.4) is 0 Å². The number of nitrogens with zero attached hydrogens (tertiary/aromatic N) is 3. The van der Waals surface area contributed by atoms with Crippen LogP contribution in [0.2, 0.25) is 5.02 Å². The monoisotopic (exact) mass is 526 g/mol. The predicted molar refractivity (Wildman–Crippen MR) is 144 cm³/mol. The quantitative estimate of drug-likeness (QED) is 0.347. The first-order valence-corrected chi connectivity index (χ1v) is 13.3. The number of carbonyl (C=O) groups is 1. The van der Waals surface area contributed by atoms with E-state index in [0.29, 0.717) is 49.5 Å². The molecular weight excluding hydrogens is 492 g/mol. The van der Waals surface area contributed by atoms with E-state index in [1.807, 2.05) is 31.2 Å². The maximum atomic E-state index is 10.9. The third-order valence-corrected chi connectivity index (χ3v) is 7.56. The van der Waals surface area contributed by atoms with E-state index in [0.717, 1.165) is 42.8 Å². The van der Waals surface area contributed by atoms with Gasteiger partial charge in [0.25, 0.3) is 0 Å². The van der Waals surface area contributed by atoms with Crippen LogP contribution < -0.4 is 16.0 Å². The Balaban J connectivity index is 1.36. The average molecular weight is 527 g/mol. The number of carboxylic acid groups (broad SMARTS) is 1. The minimum atomic E-state index is -0.777. The maximum Gasteiger partial charge on any atom is 0.304 e. The highest BCUT2D eigenvalue weighted by Gasteiger charge is 2.32. The molecule has 0 aromatic carbocycles. The van der Waals surface area contributed by atoms with Crippen LogP contribution in [0.25, 0.3) is 11.3 Å². The summed E-state index contributed by atoms with van der Waals surface area (Å²) in [5.41, 5.74) is 1.09. The minimum Gasteiger partial charge on any atom is -0.481 e. The zero-order valence-electron chi connectivity index (χ0n) is 21.2. The molecule has 2 aliphatic rings. The molecule has 1 atom stereocenters. The summed E-state index contributed by atoms with van der Waals surface area (Å²) in [5, 5.41) is 29.5. The fourth-order valence-corrected chi connectivity index (χ4v) is 5.28. The molecule has 0 radical (unpaired) electrons. The lowest BCUT2D eigenvalue weighted by molar-refractivity contribution is -0.137. The van der Waals surface area contributed by atoms with E-state index in [-0.39, 0.29) is 18.5 Å². The van der Waals surface area contributed by atoms with Crippen molar-refractivity contribution in [3.8, 4) is 17.3 Å². The van der Waals surface area contributed by atoms with Crippen LogP contribution in [-0.4, -0.2) is 58.9 Å². The molecule has 1 saturated carbocycles. The van der Waals surface area contributed by atoms with Crippen molar-refractivity contribution in [1.82, 2.24) is 15.3 Å². The van der Waals surface area contributed by atoms with Gasteiger partial charge in [-0.3, -0.25) is 4.79 Å². The van der Waals surface area contributed by atoms with Gasteiger partial charge in [0.1, 0.15) is 11.6 Å². The molecule has 0 amide bonds. The molecule has 0 bridgehead atoms. The van der Waals surface area contributed by atoms with Gasteiger partial charge in [-0.25, -0.2) is 9.97 Å². The molecule has 3 heterocycles. The van der Waals surface area contributed by atoms with E-state index in [9.17, 15) is 10.1 Å². The van der Waals surface area contributed by atoms with E-state index < -0.39 is 11.4 Å². The molecule has 1 aliphatic carbocycles. The number of ether oxygens (including phenoxy) is 1. The molecular formula is C27H35ClN6O3. The number of hydrogen-bond donors (Lipinski definition) is 4. The van der Waals surface area contributed by atoms with E-state index in [1.165, 1.54) is 0 Å². The fourth-order valence-electron chi connectivity index (χ4n) is 5.08. The summed E-state index contributed by atoms with van der Waals surface area (Å²) in [6, 6.07) is 10.7. The van der Waals surface area contributed by atoms with Gasteiger partial charge in [-0.15, -0.1) is 0 Å². The fraction of sp³-hybridized carbons (Fsp3) is 0.556. The molecule has 0 spiro atoms. The lowest BCUT2D eigenvalue weighted by Crippen LogP contribution is -2.42. The van der Waals surface area contributed by atoms with Gasteiger partial charge in [0.05, 0.1) is 28.6 Å². The van der Waals surface area contributed by atoms with Crippen molar-refractivity contribution in [1.29, 1.82) is 5.26 Å². The number of aliphatic carboxylic acids is 1. The molecule has 37 heavy (non-hydrogen) atoms. The molecule has 10 heteroatoms. The number of nitrogens with one attached hydrogen (secondary N) is 3. The summed E-state index contributed by atoms with van der Waals surface area (Å²) in [6.07, 6.45) is 7.10. The molecule has 1 saturated heterocycles. The number of anilines is 2. The van der Waals surface area contributed by atoms with Crippen molar-refractivity contribution in [2.45, 2.75) is 70.0 Å². The second-order valence-electron chi connectivity index (χ2n) is 10.2. The lowest BCUT2D eigenvalue weighted by atomic mass is 9.82. The molecule has 0 unspecified atom stereocenters. The largest absolute Gasteiger partial charge is 0.481 e. The smallest absolute Gasteiger partial charge is 0.304 e. The van der Waals surface area contributed by atoms with Gasteiger partial charge in [-0.2, -0.15) is 5.26 Å². The van der Waals surface area contributed by atoms with Crippen molar-refractivity contribution in [3.05, 3.63) is 35.5 Å². The van der Waals surface area contributed by atoms with Crippen LogP contribution in [0.15, 0.2) is 30.5 Å². The summed E-state index contributed by atoms with van der Waals surface area (Å²) in [4.78, 5) is 20.2. The third kappa shape index (κ3) is 7.54. The second-order valence-corrected chi connectivity index (χ2v) is 10.6. The summed E-state index contributed by atoms with van der Waals surface area (Å²) in [6.45, 7) is 3.65. The van der Waals surface area contributed by atoms with Gasteiger partial charge in [0, 0.05) is 49.6 Å². The Hall–Kier alpha value is -2.93. The van der Waals surface area contributed by atoms with E-state index in [4.69, 9.17) is 26.4 Å². The van der Waals surface area contributed by atoms with Crippen molar-refractivity contribution < 1.29 is 14.6 Å². The number of carboxylic acids is 1. The highest BCUT2D eigenvalue weighted by Crippen LogP contribution is 2.32. The predicted octanol–water partition coefficient (Wildman–Crippen LogP) is 4.71. The third-order valence-electron chi connectivity index (χ3n) is 7.26. The summed E-state index contributed by atoms with van der Waals surface area (Å²) < 4.78 is 5.42. The van der Waals surface area contributed by atoms with Crippen molar-refractivity contribution in [2.24, 2.45) is 5.41 Å². The first-order valence-electron chi connectivity index (χ1n) is 13.0. The molecule has 1 aliphatic heterocycles. The highest BCUT2D eigenvalue weighted by molar-refractivity contribution is 6.33. The van der Waals surface area contributed by atoms with Crippen LogP contribution in [0, 0.1) is 16.7 Å². The molecule has 198 valence electrons. The summed E-state index contributed by atoms with van der Waals surface area (Å²) in [5.74, 6) is 0.672. The Bertz CT molecular complexity index is 1110. The number of halogens is 1. The Morgan fingerprint density at radius 1 is 1.24 bits per heavy atom. The van der Waals surface area contributed by atoms with Gasteiger partial charge in [0.2, 0.25) is 0 Å². The van der Waals surface area contributed by atoms with Gasteiger partial charge in [0.15, 0.2) is 0 Å². The van der Waals surface area contributed by atoms with Gasteiger partial charge in [-0.1, -0.05) is 17.7 Å². The molecule has 2 aromatic heterocycles. The maximum absolute atomic E-state index is 10.9. The summed E-state index contributed by atoms with van der Waals surface area (Å²) >= 11 is 6.52. The van der Waals surface area contributed by atoms with Crippen molar-refractivity contribution >= 4 is 29.2 Å². The Morgan fingerprint density at radius 3 is 2.68 bits per heavy atom. The molecule has 2 fully saturated rings. The zero-order valence-corrected chi connectivity index (χ0v) is 21.9. The van der Waals surface area contributed by atoms with Gasteiger partial charge in [-0.05, 0) is 63.6 Å². The molecule has 4 N–H and O–H groups in total. The molecule has 9 nitrogen and oxygen atoms in total. The summed E-state index contributed by atoms with van der Waals surface area (Å²) in [7, 11) is 0. The van der Waals surface area contributed by atoms with Crippen LogP contribution in [-0.2, 0) is 9.53 Å². The van der Waals surface area contributed by atoms with Crippen LogP contribution >= 0.6 is 11.6 Å². The first-order chi connectivity index (χ1) is 17.9. The number of nitriles is 1. The van der Waals surface area contributed by atoms with Crippen LogP contribution in [0.5, 0.6) is 0 Å². The van der Waals surface area contributed by atoms with Crippen LogP contribution in [0.4, 0.5) is 11.6 Å². The van der Waals surface area contributed by atoms with Gasteiger partial charge >= 0.3 is 5.97 Å². The van der Waals surface area contributed by atoms with E-state index >= 15 is 0 Å².